The second-order valence-electron chi connectivity index (χ2n) is 5.32. The molecule has 0 heterocycles. The highest BCUT2D eigenvalue weighted by molar-refractivity contribution is 5.76. The van der Waals surface area contributed by atoms with Crippen molar-refractivity contribution in [1.82, 2.24) is 10.6 Å². The normalized spacial score (nSPS) is 20.9. The molecule has 96 valence electrons. The molecule has 2 aliphatic carbocycles. The predicted molar refractivity (Wildman–Crippen MR) is 66.6 cm³/mol. The Hall–Kier alpha value is -1.58. The van der Waals surface area contributed by atoms with Crippen LogP contribution >= 0.6 is 0 Å². The van der Waals surface area contributed by atoms with E-state index in [-0.39, 0.29) is 17.4 Å². The molecule has 0 radical (unpaired) electrons. The van der Waals surface area contributed by atoms with E-state index in [0.29, 0.717) is 6.04 Å². The van der Waals surface area contributed by atoms with Crippen molar-refractivity contribution in [2.24, 2.45) is 0 Å². The van der Waals surface area contributed by atoms with Gasteiger partial charge in [-0.15, -0.1) is 0 Å². The highest BCUT2D eigenvalue weighted by Gasteiger charge is 2.40. The monoisotopic (exact) mass is 248 g/mol. The molecular weight excluding hydrogens is 231 g/mol. The minimum absolute atomic E-state index is 0.0958. The molecular formula is C14H17FN2O. The molecule has 3 nitrogen and oxygen atoms in total. The summed E-state index contributed by atoms with van der Waals surface area (Å²) in [6.45, 7) is 0. The summed E-state index contributed by atoms with van der Waals surface area (Å²) < 4.78 is 12.9. The summed E-state index contributed by atoms with van der Waals surface area (Å²) in [6.07, 6.45) is 5.11. The molecule has 4 heteroatoms. The van der Waals surface area contributed by atoms with Gasteiger partial charge in [0, 0.05) is 6.04 Å². The van der Waals surface area contributed by atoms with Gasteiger partial charge in [0.1, 0.15) is 5.82 Å². The van der Waals surface area contributed by atoms with Gasteiger partial charge in [0.15, 0.2) is 0 Å². The van der Waals surface area contributed by atoms with Crippen molar-refractivity contribution in [3.63, 3.8) is 0 Å². The molecule has 2 amide bonds. The lowest BCUT2D eigenvalue weighted by molar-refractivity contribution is 0.177. The average molecular weight is 248 g/mol. The molecule has 3 rings (SSSR count). The number of nitrogens with one attached hydrogen (secondary N) is 2. The lowest BCUT2D eigenvalue weighted by atomic mass is 9.72. The lowest BCUT2D eigenvalue weighted by Gasteiger charge is -2.43. The van der Waals surface area contributed by atoms with Gasteiger partial charge < -0.3 is 10.6 Å². The van der Waals surface area contributed by atoms with Crippen LogP contribution in [-0.2, 0) is 5.54 Å². The quantitative estimate of drug-likeness (QED) is 0.848. The van der Waals surface area contributed by atoms with E-state index in [4.69, 9.17) is 0 Å². The van der Waals surface area contributed by atoms with E-state index in [9.17, 15) is 9.18 Å². The topological polar surface area (TPSA) is 41.1 Å². The molecule has 1 aromatic rings. The number of rotatable bonds is 3. The first-order valence-corrected chi connectivity index (χ1v) is 6.53. The second-order valence-corrected chi connectivity index (χ2v) is 5.32. The Bertz CT molecular complexity index is 449. The van der Waals surface area contributed by atoms with Crippen LogP contribution in [0.2, 0.25) is 0 Å². The summed E-state index contributed by atoms with van der Waals surface area (Å²) in [5, 5.41) is 6.00. The Balaban J connectivity index is 1.72. The molecule has 0 bridgehead atoms. The van der Waals surface area contributed by atoms with Gasteiger partial charge in [-0.05, 0) is 49.8 Å². The van der Waals surface area contributed by atoms with E-state index >= 15 is 0 Å². The fourth-order valence-corrected chi connectivity index (χ4v) is 2.45. The number of hydrogen-bond acceptors (Lipinski definition) is 1. The first-order chi connectivity index (χ1) is 8.68. The van der Waals surface area contributed by atoms with Crippen LogP contribution < -0.4 is 10.6 Å². The minimum atomic E-state index is -0.285. The number of carbonyl (C=O) groups excluding carboxylic acids is 1. The Morgan fingerprint density at radius 2 is 1.89 bits per heavy atom. The summed E-state index contributed by atoms with van der Waals surface area (Å²) in [7, 11) is 0. The second kappa shape index (κ2) is 4.26. The third-order valence-electron chi connectivity index (χ3n) is 3.87. The standard InChI is InChI=1S/C14H17FN2O/c15-11-4-2-10(3-5-11)14(8-1-9-14)17-13(18)16-12-6-7-12/h2-5,12H,1,6-9H2,(H2,16,17,18). The number of hydrogen-bond donors (Lipinski definition) is 2. The molecule has 18 heavy (non-hydrogen) atoms. The Kier molecular flexibility index (Phi) is 2.73. The highest BCUT2D eigenvalue weighted by Crippen LogP contribution is 2.41. The fraction of sp³-hybridized carbons (Fsp3) is 0.500. The zero-order chi connectivity index (χ0) is 12.6. The van der Waals surface area contributed by atoms with Gasteiger partial charge in [-0.1, -0.05) is 12.1 Å². The maximum absolute atomic E-state index is 12.9. The van der Waals surface area contributed by atoms with E-state index in [2.05, 4.69) is 10.6 Å². The van der Waals surface area contributed by atoms with Crippen LogP contribution in [0.15, 0.2) is 24.3 Å². The van der Waals surface area contributed by atoms with Crippen LogP contribution in [0.25, 0.3) is 0 Å². The van der Waals surface area contributed by atoms with E-state index < -0.39 is 0 Å². The summed E-state index contributed by atoms with van der Waals surface area (Å²) >= 11 is 0. The fourth-order valence-electron chi connectivity index (χ4n) is 2.45. The summed E-state index contributed by atoms with van der Waals surface area (Å²) in [5.74, 6) is -0.240. The van der Waals surface area contributed by atoms with Crippen molar-refractivity contribution >= 4 is 6.03 Å². The molecule has 2 fully saturated rings. The zero-order valence-corrected chi connectivity index (χ0v) is 10.2. The molecule has 2 N–H and O–H groups in total. The van der Waals surface area contributed by atoms with Gasteiger partial charge in [0.05, 0.1) is 5.54 Å². The van der Waals surface area contributed by atoms with Crippen LogP contribution in [0, 0.1) is 5.82 Å². The van der Waals surface area contributed by atoms with Gasteiger partial charge in [0.2, 0.25) is 0 Å². The molecule has 2 saturated carbocycles. The minimum Gasteiger partial charge on any atom is -0.335 e. The van der Waals surface area contributed by atoms with Crippen molar-refractivity contribution in [2.45, 2.75) is 43.7 Å². The van der Waals surface area contributed by atoms with E-state index in [1.165, 1.54) is 12.1 Å². The van der Waals surface area contributed by atoms with Crippen LogP contribution in [-0.4, -0.2) is 12.1 Å². The van der Waals surface area contributed by atoms with Crippen LogP contribution in [0.4, 0.5) is 9.18 Å². The molecule has 0 aliphatic heterocycles. The molecule has 0 atom stereocenters. The largest absolute Gasteiger partial charge is 0.335 e. The Labute approximate surface area is 106 Å². The van der Waals surface area contributed by atoms with Crippen molar-refractivity contribution in [3.8, 4) is 0 Å². The third-order valence-corrected chi connectivity index (χ3v) is 3.87. The van der Waals surface area contributed by atoms with Crippen LogP contribution in [0.1, 0.15) is 37.7 Å². The Morgan fingerprint density at radius 1 is 1.22 bits per heavy atom. The summed E-state index contributed by atoms with van der Waals surface area (Å²) in [4.78, 5) is 11.8. The average Bonchev–Trinajstić information content (AvgIpc) is 3.09. The number of carbonyl (C=O) groups is 1. The van der Waals surface area contributed by atoms with E-state index in [0.717, 1.165) is 37.7 Å². The van der Waals surface area contributed by atoms with Crippen molar-refractivity contribution in [1.29, 1.82) is 0 Å². The van der Waals surface area contributed by atoms with Crippen LogP contribution in [0.5, 0.6) is 0 Å². The molecule has 2 aliphatic rings. The SMILES string of the molecule is O=C(NC1CC1)NC1(c2ccc(F)cc2)CCC1. The molecule has 0 saturated heterocycles. The molecule has 1 aromatic carbocycles. The summed E-state index contributed by atoms with van der Waals surface area (Å²) in [6, 6.07) is 6.71. The van der Waals surface area contributed by atoms with Gasteiger partial charge >= 0.3 is 6.03 Å². The molecule has 0 aromatic heterocycles. The maximum Gasteiger partial charge on any atom is 0.315 e. The number of halogens is 1. The van der Waals surface area contributed by atoms with Gasteiger partial charge in [-0.3, -0.25) is 0 Å². The van der Waals surface area contributed by atoms with Gasteiger partial charge in [-0.25, -0.2) is 9.18 Å². The number of benzene rings is 1. The third kappa shape index (κ3) is 2.19. The zero-order valence-electron chi connectivity index (χ0n) is 10.2. The van der Waals surface area contributed by atoms with E-state index in [1.807, 2.05) is 0 Å². The van der Waals surface area contributed by atoms with E-state index in [1.54, 1.807) is 12.1 Å². The van der Waals surface area contributed by atoms with Crippen molar-refractivity contribution in [3.05, 3.63) is 35.6 Å². The maximum atomic E-state index is 12.9. The number of urea groups is 1. The van der Waals surface area contributed by atoms with Crippen molar-refractivity contribution < 1.29 is 9.18 Å². The molecule has 0 spiro atoms. The smallest absolute Gasteiger partial charge is 0.315 e. The van der Waals surface area contributed by atoms with Gasteiger partial charge in [-0.2, -0.15) is 0 Å². The predicted octanol–water partition coefficient (Wildman–Crippen LogP) is 2.67. The first-order valence-electron chi connectivity index (χ1n) is 6.53. The highest BCUT2D eigenvalue weighted by atomic mass is 19.1. The Morgan fingerprint density at radius 3 is 2.39 bits per heavy atom. The first kappa shape index (κ1) is 11.5. The summed E-state index contributed by atoms with van der Waals surface area (Å²) in [5.41, 5.74) is 0.716. The number of amides is 2. The lowest BCUT2D eigenvalue weighted by Crippen LogP contribution is -2.54. The van der Waals surface area contributed by atoms with Gasteiger partial charge in [0.25, 0.3) is 0 Å². The molecule has 0 unspecified atom stereocenters. The van der Waals surface area contributed by atoms with Crippen molar-refractivity contribution in [2.75, 3.05) is 0 Å². The van der Waals surface area contributed by atoms with Crippen LogP contribution in [0.3, 0.4) is 0 Å².